The van der Waals surface area contributed by atoms with Crippen molar-refractivity contribution in [3.63, 3.8) is 0 Å². The quantitative estimate of drug-likeness (QED) is 0.279. The molecule has 0 aliphatic rings. The molecule has 0 unspecified atom stereocenters. The Hall–Kier alpha value is -3.68. The summed E-state index contributed by atoms with van der Waals surface area (Å²) in [6.07, 6.45) is -1.17. The van der Waals surface area contributed by atoms with Gasteiger partial charge in [0, 0.05) is 28.2 Å². The predicted molar refractivity (Wildman–Crippen MR) is 155 cm³/mol. The van der Waals surface area contributed by atoms with Crippen molar-refractivity contribution in [3.05, 3.63) is 76.3 Å². The fraction of sp³-hybridized carbons (Fsp3) is 0.370. The molecule has 2 aromatic carbocycles. The van der Waals surface area contributed by atoms with Crippen LogP contribution in [0.1, 0.15) is 58.5 Å². The van der Waals surface area contributed by atoms with Crippen molar-refractivity contribution in [2.45, 2.75) is 65.6 Å². The molecule has 1 aromatic heterocycles. The van der Waals surface area contributed by atoms with Crippen LogP contribution < -0.4 is 20.1 Å². The Morgan fingerprint density at radius 1 is 1.02 bits per heavy atom. The van der Waals surface area contributed by atoms with Gasteiger partial charge in [0.2, 0.25) is 0 Å². The van der Waals surface area contributed by atoms with Crippen LogP contribution >= 0.6 is 11.6 Å². The zero-order chi connectivity index (χ0) is 30.6. The van der Waals surface area contributed by atoms with Crippen molar-refractivity contribution < 1.29 is 27.1 Å². The fourth-order valence-electron chi connectivity index (χ4n) is 3.48. The van der Waals surface area contributed by atoms with Gasteiger partial charge in [-0.25, -0.2) is 23.4 Å². The summed E-state index contributed by atoms with van der Waals surface area (Å²) in [5.74, 6) is -0.767. The number of urea groups is 1. The number of nitrogens with one attached hydrogen (secondary N) is 4. The lowest BCUT2D eigenvalue weighted by Gasteiger charge is -2.19. The topological polar surface area (TPSA) is 143 Å². The zero-order valence-electron chi connectivity index (χ0n) is 23.6. The summed E-state index contributed by atoms with van der Waals surface area (Å²) in [5, 5.41) is 10.5. The minimum atomic E-state index is -4.30. The van der Waals surface area contributed by atoms with Gasteiger partial charge in [0.05, 0.1) is 23.6 Å². The Labute approximate surface area is 244 Å². The Bertz CT molecular complexity index is 1530. The van der Waals surface area contributed by atoms with Crippen molar-refractivity contribution >= 4 is 39.6 Å². The second-order valence-corrected chi connectivity index (χ2v) is 13.1. The molecule has 0 aliphatic heterocycles. The fourth-order valence-corrected chi connectivity index (χ4v) is 4.34. The van der Waals surface area contributed by atoms with Crippen molar-refractivity contribution in [2.75, 3.05) is 5.32 Å². The molecule has 0 saturated carbocycles. The highest BCUT2D eigenvalue weighted by Gasteiger charge is 2.22. The van der Waals surface area contributed by atoms with E-state index in [-0.39, 0.29) is 23.2 Å². The van der Waals surface area contributed by atoms with E-state index in [4.69, 9.17) is 21.4 Å². The first kappa shape index (κ1) is 31.8. The average Bonchev–Trinajstić information content (AvgIpc) is 3.26. The van der Waals surface area contributed by atoms with Gasteiger partial charge in [0.1, 0.15) is 11.4 Å². The van der Waals surface area contributed by atoms with E-state index in [1.165, 1.54) is 12.1 Å². The van der Waals surface area contributed by atoms with E-state index in [2.05, 4.69) is 15.4 Å². The van der Waals surface area contributed by atoms with E-state index in [0.717, 1.165) is 17.4 Å². The molecule has 4 N–H and O–H groups in total. The Balaban J connectivity index is 1.62. The van der Waals surface area contributed by atoms with Crippen LogP contribution in [0, 0.1) is 5.82 Å². The second kappa shape index (κ2) is 12.5. The maximum atomic E-state index is 14.7. The molecule has 3 rings (SSSR count). The molecule has 0 fully saturated rings. The Kier molecular flexibility index (Phi) is 9.67. The summed E-state index contributed by atoms with van der Waals surface area (Å²) >= 11 is 6.16. The largest absolute Gasteiger partial charge is 0.443 e. The molecule has 41 heavy (non-hydrogen) atoms. The molecule has 0 radical (unpaired) electrons. The van der Waals surface area contributed by atoms with E-state index in [1.807, 2.05) is 32.9 Å². The summed E-state index contributed by atoms with van der Waals surface area (Å²) in [7, 11) is -4.30. The van der Waals surface area contributed by atoms with Gasteiger partial charge in [0.25, 0.3) is 0 Å². The van der Waals surface area contributed by atoms with Gasteiger partial charge in [-0.05, 0) is 57.2 Å². The number of amides is 3. The lowest BCUT2D eigenvalue weighted by Crippen LogP contribution is -2.42. The SMILES string of the molecule is CC(C)(C)OC(=O)NS(=O)(=O)NCc1ccc(NC(=O)NCc2cc(C(C)(C)C)nn2-c2cccc(Cl)c2)cc1F. The molecule has 1 heterocycles. The molecule has 0 spiro atoms. The number of carbonyl (C=O) groups is 2. The van der Waals surface area contributed by atoms with E-state index in [1.54, 1.807) is 48.4 Å². The van der Waals surface area contributed by atoms with Crippen molar-refractivity contribution in [2.24, 2.45) is 0 Å². The van der Waals surface area contributed by atoms with Crippen LogP contribution in [0.25, 0.3) is 5.69 Å². The first-order valence-electron chi connectivity index (χ1n) is 12.6. The molecule has 3 amide bonds. The monoisotopic (exact) mass is 608 g/mol. The van der Waals surface area contributed by atoms with E-state index in [9.17, 15) is 22.4 Å². The minimum Gasteiger partial charge on any atom is -0.443 e. The van der Waals surface area contributed by atoms with Crippen LogP contribution in [0.2, 0.25) is 5.02 Å². The Morgan fingerprint density at radius 3 is 2.34 bits per heavy atom. The van der Waals surface area contributed by atoms with Crippen LogP contribution in [-0.2, 0) is 33.5 Å². The Morgan fingerprint density at radius 2 is 1.73 bits per heavy atom. The number of rotatable bonds is 8. The molecule has 0 aliphatic carbocycles. The highest BCUT2D eigenvalue weighted by Crippen LogP contribution is 2.25. The molecule has 11 nitrogen and oxygen atoms in total. The molecule has 14 heteroatoms. The number of benzene rings is 2. The number of carbonyl (C=O) groups excluding carboxylic acids is 2. The number of ether oxygens (including phenoxy) is 1. The maximum absolute atomic E-state index is 14.7. The molecule has 0 bridgehead atoms. The third kappa shape index (κ3) is 9.73. The minimum absolute atomic E-state index is 0.00865. The third-order valence-corrected chi connectivity index (χ3v) is 6.61. The number of anilines is 1. The maximum Gasteiger partial charge on any atom is 0.422 e. The first-order valence-corrected chi connectivity index (χ1v) is 14.5. The number of hydrogen-bond acceptors (Lipinski definition) is 6. The second-order valence-electron chi connectivity index (χ2n) is 11.2. The van der Waals surface area contributed by atoms with Gasteiger partial charge in [-0.2, -0.15) is 18.2 Å². The molecule has 0 saturated heterocycles. The van der Waals surface area contributed by atoms with Gasteiger partial charge in [0.15, 0.2) is 0 Å². The van der Waals surface area contributed by atoms with Gasteiger partial charge in [-0.3, -0.25) is 0 Å². The molecular formula is C27H34ClFN6O5S. The lowest BCUT2D eigenvalue weighted by molar-refractivity contribution is 0.0569. The molecule has 3 aromatic rings. The van der Waals surface area contributed by atoms with Crippen LogP contribution in [0.4, 0.5) is 19.7 Å². The van der Waals surface area contributed by atoms with Crippen molar-refractivity contribution in [3.8, 4) is 5.69 Å². The normalized spacial score (nSPS) is 12.1. The van der Waals surface area contributed by atoms with Crippen molar-refractivity contribution in [1.82, 2.24) is 24.5 Å². The van der Waals surface area contributed by atoms with Crippen LogP contribution in [-0.4, -0.2) is 35.9 Å². The zero-order valence-corrected chi connectivity index (χ0v) is 25.2. The standard InChI is InChI=1S/C27H34ClFN6O5S/c1-26(2,3)23-14-21(35(33-23)20-9-7-8-18(28)12-20)16-30-24(36)32-19-11-10-17(22(29)13-19)15-31-41(38,39)34-25(37)40-27(4,5)6/h7-14,31H,15-16H2,1-6H3,(H,34,37)(H2,30,32,36). The van der Waals surface area contributed by atoms with Gasteiger partial charge >= 0.3 is 22.3 Å². The lowest BCUT2D eigenvalue weighted by atomic mass is 9.92. The summed E-state index contributed by atoms with van der Waals surface area (Å²) < 4.78 is 49.2. The van der Waals surface area contributed by atoms with Gasteiger partial charge in [-0.1, -0.05) is 44.5 Å². The highest BCUT2D eigenvalue weighted by atomic mass is 35.5. The average molecular weight is 609 g/mol. The number of aromatic nitrogens is 2. The number of hydrogen-bond donors (Lipinski definition) is 4. The smallest absolute Gasteiger partial charge is 0.422 e. The van der Waals surface area contributed by atoms with Crippen LogP contribution in [0.15, 0.2) is 48.5 Å². The summed E-state index contributed by atoms with van der Waals surface area (Å²) in [6.45, 7) is 10.5. The highest BCUT2D eigenvalue weighted by molar-refractivity contribution is 7.88. The van der Waals surface area contributed by atoms with Crippen LogP contribution in [0.3, 0.4) is 0 Å². The third-order valence-electron chi connectivity index (χ3n) is 5.41. The summed E-state index contributed by atoms with van der Waals surface area (Å²) in [4.78, 5) is 24.3. The van der Waals surface area contributed by atoms with E-state index in [0.29, 0.717) is 10.7 Å². The molecular weight excluding hydrogens is 575 g/mol. The summed E-state index contributed by atoms with van der Waals surface area (Å²) in [5.41, 5.74) is 1.28. The first-order chi connectivity index (χ1) is 18.9. The van der Waals surface area contributed by atoms with E-state index >= 15 is 0 Å². The van der Waals surface area contributed by atoms with Gasteiger partial charge in [-0.15, -0.1) is 0 Å². The summed E-state index contributed by atoms with van der Waals surface area (Å²) in [6, 6.07) is 12.3. The number of nitrogens with zero attached hydrogens (tertiary/aromatic N) is 2. The van der Waals surface area contributed by atoms with Crippen LogP contribution in [0.5, 0.6) is 0 Å². The number of halogens is 2. The van der Waals surface area contributed by atoms with Crippen molar-refractivity contribution in [1.29, 1.82) is 0 Å². The molecule has 0 atom stereocenters. The molecule has 222 valence electrons. The van der Waals surface area contributed by atoms with E-state index < -0.39 is 40.3 Å². The van der Waals surface area contributed by atoms with Gasteiger partial charge < -0.3 is 15.4 Å². The predicted octanol–water partition coefficient (Wildman–Crippen LogP) is 5.14.